The third kappa shape index (κ3) is 5.29. The van der Waals surface area contributed by atoms with Crippen molar-refractivity contribution < 1.29 is 15.3 Å². The van der Waals surface area contributed by atoms with Gasteiger partial charge in [-0.25, -0.2) is 0 Å². The quantitative estimate of drug-likeness (QED) is 0.616. The van der Waals surface area contributed by atoms with Crippen LogP contribution in [0.15, 0.2) is 23.3 Å². The van der Waals surface area contributed by atoms with Crippen LogP contribution in [0.5, 0.6) is 0 Å². The van der Waals surface area contributed by atoms with Gasteiger partial charge in [-0.3, -0.25) is 0 Å². The summed E-state index contributed by atoms with van der Waals surface area (Å²) in [7, 11) is 0. The Labute approximate surface area is 189 Å². The van der Waals surface area contributed by atoms with Crippen molar-refractivity contribution in [1.29, 1.82) is 0 Å². The maximum absolute atomic E-state index is 10.5. The Kier molecular flexibility index (Phi) is 7.03. The van der Waals surface area contributed by atoms with E-state index in [4.69, 9.17) is 0 Å². The fourth-order valence-corrected chi connectivity index (χ4v) is 7.76. The SMILES string of the molecule is CC(CN1CCCC(C)(O)C1)[C@H]1CC[C@H]2C(=CC=C3C[C@@H](O)C[C@H](O)C3)CCC[C@]12C. The molecule has 3 aliphatic carbocycles. The number of likely N-dealkylation sites (tertiary alicyclic amines) is 1. The number of β-amino-alcohol motifs (C(OH)–C–C–N with tert-alkyl or cyclic N) is 1. The third-order valence-electron chi connectivity index (χ3n) is 9.10. The predicted octanol–water partition coefficient (Wildman–Crippen LogP) is 4.44. The van der Waals surface area contributed by atoms with Gasteiger partial charge in [0, 0.05) is 13.1 Å². The highest BCUT2D eigenvalue weighted by Crippen LogP contribution is 2.59. The van der Waals surface area contributed by atoms with Crippen LogP contribution >= 0.6 is 0 Å². The van der Waals surface area contributed by atoms with E-state index < -0.39 is 17.8 Å². The molecule has 31 heavy (non-hydrogen) atoms. The number of hydrogen-bond acceptors (Lipinski definition) is 4. The minimum absolute atomic E-state index is 0.381. The van der Waals surface area contributed by atoms with Crippen LogP contribution in [0.1, 0.15) is 85.0 Å². The number of piperidine rings is 1. The molecule has 3 saturated carbocycles. The molecule has 1 aliphatic heterocycles. The summed E-state index contributed by atoms with van der Waals surface area (Å²) in [6.45, 7) is 10.1. The molecule has 4 heteroatoms. The predicted molar refractivity (Wildman–Crippen MR) is 126 cm³/mol. The average molecular weight is 432 g/mol. The highest BCUT2D eigenvalue weighted by Gasteiger charge is 2.50. The summed E-state index contributed by atoms with van der Waals surface area (Å²) in [6, 6.07) is 0. The van der Waals surface area contributed by atoms with Gasteiger partial charge in [-0.15, -0.1) is 0 Å². The second kappa shape index (κ2) is 9.29. The van der Waals surface area contributed by atoms with Gasteiger partial charge in [0.25, 0.3) is 0 Å². The number of aliphatic hydroxyl groups is 3. The summed E-state index contributed by atoms with van der Waals surface area (Å²) in [5.41, 5.74) is 2.66. The van der Waals surface area contributed by atoms with Gasteiger partial charge in [0.15, 0.2) is 0 Å². The number of aliphatic hydroxyl groups excluding tert-OH is 2. The van der Waals surface area contributed by atoms with Gasteiger partial charge >= 0.3 is 0 Å². The van der Waals surface area contributed by atoms with Crippen molar-refractivity contribution in [3.8, 4) is 0 Å². The number of rotatable bonds is 4. The Morgan fingerprint density at radius 3 is 2.52 bits per heavy atom. The van der Waals surface area contributed by atoms with Crippen molar-refractivity contribution in [2.75, 3.05) is 19.6 Å². The second-order valence-corrected chi connectivity index (χ2v) is 11.9. The minimum Gasteiger partial charge on any atom is -0.393 e. The van der Waals surface area contributed by atoms with Gasteiger partial charge in [-0.05, 0) is 101 Å². The zero-order chi connectivity index (χ0) is 22.2. The lowest BCUT2D eigenvalue weighted by atomic mass is 9.61. The highest BCUT2D eigenvalue weighted by atomic mass is 16.3. The van der Waals surface area contributed by atoms with Crippen LogP contribution in [0.4, 0.5) is 0 Å². The molecule has 4 rings (SSSR count). The van der Waals surface area contributed by atoms with E-state index in [0.29, 0.717) is 36.5 Å². The average Bonchev–Trinajstić information content (AvgIpc) is 3.02. The van der Waals surface area contributed by atoms with Gasteiger partial charge in [0.1, 0.15) is 0 Å². The van der Waals surface area contributed by atoms with Crippen LogP contribution in [-0.4, -0.2) is 57.7 Å². The van der Waals surface area contributed by atoms with Gasteiger partial charge in [0.2, 0.25) is 0 Å². The smallest absolute Gasteiger partial charge is 0.0746 e. The number of nitrogens with zero attached hydrogens (tertiary/aromatic N) is 1. The molecular weight excluding hydrogens is 386 g/mol. The molecule has 4 nitrogen and oxygen atoms in total. The van der Waals surface area contributed by atoms with Crippen molar-refractivity contribution in [1.82, 2.24) is 4.90 Å². The molecule has 176 valence electrons. The van der Waals surface area contributed by atoms with Crippen LogP contribution in [-0.2, 0) is 0 Å². The summed E-state index contributed by atoms with van der Waals surface area (Å²) in [4.78, 5) is 2.51. The maximum Gasteiger partial charge on any atom is 0.0746 e. The highest BCUT2D eigenvalue weighted by molar-refractivity contribution is 5.26. The van der Waals surface area contributed by atoms with Crippen molar-refractivity contribution in [3.63, 3.8) is 0 Å². The Morgan fingerprint density at radius 2 is 1.81 bits per heavy atom. The normalized spacial score (nSPS) is 44.3. The molecule has 1 saturated heterocycles. The topological polar surface area (TPSA) is 63.9 Å². The van der Waals surface area contributed by atoms with Gasteiger partial charge in [-0.2, -0.15) is 0 Å². The standard InChI is InChI=1S/C27H45NO3/c1-19(17-28-13-5-11-26(2,31)18-28)24-9-10-25-21(6-4-12-27(24,25)3)8-7-20-14-22(29)16-23(30)15-20/h7-8,19,22-25,29-31H,4-6,9-18H2,1-3H3/t19?,22-,23-,24-,25+,26?,27-/m1/s1. The summed E-state index contributed by atoms with van der Waals surface area (Å²) < 4.78 is 0. The lowest BCUT2D eigenvalue weighted by Crippen LogP contribution is -2.48. The van der Waals surface area contributed by atoms with Gasteiger partial charge < -0.3 is 20.2 Å². The Bertz CT molecular complexity index is 687. The van der Waals surface area contributed by atoms with Crippen LogP contribution < -0.4 is 0 Å². The zero-order valence-corrected chi connectivity index (χ0v) is 20.0. The first kappa shape index (κ1) is 23.5. The fraction of sp³-hybridized carbons (Fsp3) is 0.852. The first-order valence-electron chi connectivity index (χ1n) is 12.9. The molecule has 3 N–H and O–H groups in total. The summed E-state index contributed by atoms with van der Waals surface area (Å²) in [5, 5.41) is 30.5. The molecule has 0 bridgehead atoms. The van der Waals surface area contributed by atoms with Crippen LogP contribution in [0.25, 0.3) is 0 Å². The number of hydrogen-bond donors (Lipinski definition) is 3. The zero-order valence-electron chi connectivity index (χ0n) is 20.0. The molecule has 0 spiro atoms. The molecule has 4 aliphatic rings. The van der Waals surface area contributed by atoms with E-state index in [2.05, 4.69) is 30.9 Å². The van der Waals surface area contributed by atoms with Crippen LogP contribution in [0.2, 0.25) is 0 Å². The second-order valence-electron chi connectivity index (χ2n) is 11.9. The summed E-state index contributed by atoms with van der Waals surface area (Å²) in [5.74, 6) is 2.08. The Balaban J connectivity index is 1.43. The lowest BCUT2D eigenvalue weighted by Gasteiger charge is -2.46. The molecule has 7 atom stereocenters. The lowest BCUT2D eigenvalue weighted by molar-refractivity contribution is -0.0262. The van der Waals surface area contributed by atoms with E-state index in [-0.39, 0.29) is 0 Å². The molecule has 0 aromatic carbocycles. The molecule has 1 heterocycles. The number of fused-ring (bicyclic) bond motifs is 1. The fourth-order valence-electron chi connectivity index (χ4n) is 7.76. The van der Waals surface area contributed by atoms with E-state index >= 15 is 0 Å². The van der Waals surface area contributed by atoms with Crippen molar-refractivity contribution >= 4 is 0 Å². The molecule has 0 aromatic rings. The first-order valence-corrected chi connectivity index (χ1v) is 12.9. The number of allylic oxidation sites excluding steroid dienone is 3. The minimum atomic E-state index is -0.519. The van der Waals surface area contributed by atoms with Gasteiger partial charge in [-0.1, -0.05) is 37.1 Å². The Hall–Kier alpha value is -0.680. The largest absolute Gasteiger partial charge is 0.393 e. The monoisotopic (exact) mass is 431 g/mol. The summed E-state index contributed by atoms with van der Waals surface area (Å²) in [6.07, 6.45) is 14.2. The molecular formula is C27H45NO3. The Morgan fingerprint density at radius 1 is 1.06 bits per heavy atom. The van der Waals surface area contributed by atoms with Crippen molar-refractivity contribution in [2.24, 2.45) is 23.2 Å². The summed E-state index contributed by atoms with van der Waals surface area (Å²) >= 11 is 0. The van der Waals surface area contributed by atoms with Crippen LogP contribution in [0, 0.1) is 23.2 Å². The van der Waals surface area contributed by atoms with Crippen molar-refractivity contribution in [2.45, 2.75) is 103 Å². The molecule has 0 amide bonds. The molecule has 4 fully saturated rings. The molecule has 2 unspecified atom stereocenters. The van der Waals surface area contributed by atoms with E-state index in [9.17, 15) is 15.3 Å². The molecule has 0 aromatic heterocycles. The van der Waals surface area contributed by atoms with Crippen LogP contribution in [0.3, 0.4) is 0 Å². The first-order chi connectivity index (χ1) is 14.7. The molecule has 0 radical (unpaired) electrons. The van der Waals surface area contributed by atoms with E-state index in [1.54, 1.807) is 5.57 Å². The maximum atomic E-state index is 10.5. The van der Waals surface area contributed by atoms with Crippen molar-refractivity contribution in [3.05, 3.63) is 23.3 Å². The van der Waals surface area contributed by atoms with Gasteiger partial charge in [0.05, 0.1) is 17.8 Å². The third-order valence-corrected chi connectivity index (χ3v) is 9.10. The van der Waals surface area contributed by atoms with E-state index in [0.717, 1.165) is 38.4 Å². The van der Waals surface area contributed by atoms with E-state index in [1.165, 1.54) is 37.7 Å². The van der Waals surface area contributed by atoms with E-state index in [1.807, 2.05) is 6.92 Å².